The van der Waals surface area contributed by atoms with E-state index in [0.29, 0.717) is 18.0 Å². The van der Waals surface area contributed by atoms with Gasteiger partial charge in [-0.25, -0.2) is 0 Å². The van der Waals surface area contributed by atoms with Gasteiger partial charge in [-0.15, -0.1) is 0 Å². The van der Waals surface area contributed by atoms with Gasteiger partial charge in [0.15, 0.2) is 0 Å². The highest BCUT2D eigenvalue weighted by Crippen LogP contribution is 2.23. The minimum atomic E-state index is -0.908. The van der Waals surface area contributed by atoms with Crippen molar-refractivity contribution >= 4 is 23.3 Å². The number of rotatable bonds is 6. The Hall–Kier alpha value is -1.73. The van der Waals surface area contributed by atoms with Crippen LogP contribution in [0.2, 0.25) is 5.02 Å². The highest BCUT2D eigenvalue weighted by atomic mass is 35.5. The lowest BCUT2D eigenvalue weighted by molar-refractivity contribution is -0.135. The van der Waals surface area contributed by atoms with Crippen molar-refractivity contribution in [3.63, 3.8) is 0 Å². The van der Waals surface area contributed by atoms with E-state index >= 15 is 0 Å². The topological polar surface area (TPSA) is 64.3 Å². The molecule has 0 aliphatic carbocycles. The molecule has 0 atom stereocenters. The van der Waals surface area contributed by atoms with Crippen molar-refractivity contribution < 1.29 is 9.90 Å². The van der Waals surface area contributed by atoms with Crippen molar-refractivity contribution in [1.82, 2.24) is 0 Å². The number of carboxylic acids is 1. The quantitative estimate of drug-likeness (QED) is 0.869. The lowest BCUT2D eigenvalue weighted by Gasteiger charge is -2.26. The van der Waals surface area contributed by atoms with Gasteiger partial charge in [0.05, 0.1) is 11.5 Å². The number of benzene rings is 1. The average Bonchev–Trinajstić information content (AvgIpc) is 2.34. The average molecular weight is 281 g/mol. The predicted molar refractivity (Wildman–Crippen MR) is 75.3 cm³/mol. The summed E-state index contributed by atoms with van der Waals surface area (Å²) in [6, 6.07) is 9.27. The first-order valence-corrected chi connectivity index (χ1v) is 6.35. The second-order valence-electron chi connectivity index (χ2n) is 5.04. The normalized spacial score (nSPS) is 10.8. The number of nitriles is 1. The Morgan fingerprint density at radius 3 is 2.74 bits per heavy atom. The summed E-state index contributed by atoms with van der Waals surface area (Å²) in [7, 11) is 0. The van der Waals surface area contributed by atoms with E-state index in [1.807, 2.05) is 19.9 Å². The first kappa shape index (κ1) is 15.3. The Labute approximate surface area is 118 Å². The van der Waals surface area contributed by atoms with Crippen molar-refractivity contribution in [3.8, 4) is 6.07 Å². The molecule has 0 radical (unpaired) electrons. The molecule has 0 saturated carbocycles. The van der Waals surface area contributed by atoms with Crippen molar-refractivity contribution in [1.29, 1.82) is 5.26 Å². The van der Waals surface area contributed by atoms with E-state index in [4.69, 9.17) is 22.0 Å². The van der Waals surface area contributed by atoms with Crippen LogP contribution >= 0.6 is 11.6 Å². The van der Waals surface area contributed by atoms with Crippen molar-refractivity contribution in [2.75, 3.05) is 18.0 Å². The molecule has 102 valence electrons. The molecule has 0 aromatic heterocycles. The summed E-state index contributed by atoms with van der Waals surface area (Å²) in [6.45, 7) is 4.06. The van der Waals surface area contributed by atoms with E-state index in [9.17, 15) is 4.79 Å². The van der Waals surface area contributed by atoms with E-state index in [-0.39, 0.29) is 6.54 Å². The van der Waals surface area contributed by atoms with Crippen LogP contribution in [0, 0.1) is 16.7 Å². The van der Waals surface area contributed by atoms with Gasteiger partial charge < -0.3 is 10.0 Å². The Morgan fingerprint density at radius 2 is 2.21 bits per heavy atom. The lowest BCUT2D eigenvalue weighted by atomic mass is 9.91. The fraction of sp³-hybridized carbons (Fsp3) is 0.429. The Bertz CT molecular complexity index is 494. The van der Waals surface area contributed by atoms with E-state index in [1.165, 1.54) is 0 Å². The third kappa shape index (κ3) is 5.19. The van der Waals surface area contributed by atoms with Gasteiger partial charge in [-0.2, -0.15) is 5.26 Å². The molecule has 1 rings (SSSR count). The molecule has 19 heavy (non-hydrogen) atoms. The Kier molecular flexibility index (Phi) is 5.20. The van der Waals surface area contributed by atoms with E-state index in [1.54, 1.807) is 23.1 Å². The van der Waals surface area contributed by atoms with Crippen LogP contribution in [0.4, 0.5) is 5.69 Å². The number of hydrogen-bond donors (Lipinski definition) is 1. The second kappa shape index (κ2) is 6.44. The predicted octanol–water partition coefficient (Wildman–Crippen LogP) is 3.17. The molecule has 1 aromatic rings. The number of halogens is 1. The summed E-state index contributed by atoms with van der Waals surface area (Å²) in [5.74, 6) is -0.908. The van der Waals surface area contributed by atoms with Crippen molar-refractivity contribution in [2.24, 2.45) is 5.41 Å². The van der Waals surface area contributed by atoms with Crippen LogP contribution in [-0.2, 0) is 4.79 Å². The monoisotopic (exact) mass is 280 g/mol. The molecule has 0 heterocycles. The van der Waals surface area contributed by atoms with Gasteiger partial charge in [-0.05, 0) is 38.5 Å². The van der Waals surface area contributed by atoms with Gasteiger partial charge in [0.25, 0.3) is 0 Å². The zero-order valence-corrected chi connectivity index (χ0v) is 11.8. The maximum absolute atomic E-state index is 10.9. The highest BCUT2D eigenvalue weighted by molar-refractivity contribution is 6.30. The fourth-order valence-corrected chi connectivity index (χ4v) is 1.79. The van der Waals surface area contributed by atoms with Gasteiger partial charge in [0, 0.05) is 17.3 Å². The van der Waals surface area contributed by atoms with Gasteiger partial charge in [0.1, 0.15) is 6.54 Å². The van der Waals surface area contributed by atoms with Crippen LogP contribution in [0.15, 0.2) is 24.3 Å². The smallest absolute Gasteiger partial charge is 0.323 e. The summed E-state index contributed by atoms with van der Waals surface area (Å²) >= 11 is 5.92. The molecule has 0 saturated heterocycles. The maximum Gasteiger partial charge on any atom is 0.323 e. The van der Waals surface area contributed by atoms with Crippen LogP contribution in [0.3, 0.4) is 0 Å². The zero-order valence-electron chi connectivity index (χ0n) is 11.1. The zero-order chi connectivity index (χ0) is 14.5. The molecule has 0 aliphatic heterocycles. The fourth-order valence-electron chi connectivity index (χ4n) is 1.61. The largest absolute Gasteiger partial charge is 0.480 e. The molecular weight excluding hydrogens is 264 g/mol. The minimum absolute atomic E-state index is 0.109. The molecule has 0 aliphatic rings. The van der Waals surface area contributed by atoms with E-state index in [2.05, 4.69) is 6.07 Å². The first-order chi connectivity index (χ1) is 8.84. The van der Waals surface area contributed by atoms with Crippen LogP contribution < -0.4 is 4.90 Å². The maximum atomic E-state index is 10.9. The summed E-state index contributed by atoms with van der Waals surface area (Å²) in [4.78, 5) is 12.6. The number of carbonyl (C=O) groups is 1. The third-order valence-corrected chi connectivity index (χ3v) is 3.04. The number of hydrogen-bond acceptors (Lipinski definition) is 3. The Balaban J connectivity index is 2.84. The molecule has 4 nitrogen and oxygen atoms in total. The highest BCUT2D eigenvalue weighted by Gasteiger charge is 2.19. The third-order valence-electron chi connectivity index (χ3n) is 2.81. The van der Waals surface area contributed by atoms with Crippen molar-refractivity contribution in [3.05, 3.63) is 29.3 Å². The van der Waals surface area contributed by atoms with E-state index < -0.39 is 11.4 Å². The summed E-state index contributed by atoms with van der Waals surface area (Å²) < 4.78 is 0. The van der Waals surface area contributed by atoms with Crippen molar-refractivity contribution in [2.45, 2.75) is 20.3 Å². The molecule has 0 spiro atoms. The number of nitrogens with zero attached hydrogens (tertiary/aromatic N) is 2. The van der Waals surface area contributed by atoms with Gasteiger partial charge in [0.2, 0.25) is 0 Å². The van der Waals surface area contributed by atoms with Crippen LogP contribution in [0.5, 0.6) is 0 Å². The molecule has 0 bridgehead atoms. The molecular formula is C14H17ClN2O2. The second-order valence-corrected chi connectivity index (χ2v) is 5.48. The molecule has 1 aromatic carbocycles. The molecule has 5 heteroatoms. The standard InChI is InChI=1S/C14H17ClN2O2/c1-14(2,10-16)6-7-17(9-13(18)19)12-5-3-4-11(15)8-12/h3-5,8H,6-7,9H2,1-2H3,(H,18,19). The molecule has 0 fully saturated rings. The van der Waals surface area contributed by atoms with Gasteiger partial charge in [-0.1, -0.05) is 17.7 Å². The van der Waals surface area contributed by atoms with Crippen LogP contribution in [0.25, 0.3) is 0 Å². The summed E-state index contributed by atoms with van der Waals surface area (Å²) in [5.41, 5.74) is 0.277. The SMILES string of the molecule is CC(C)(C#N)CCN(CC(=O)O)c1cccc(Cl)c1. The Morgan fingerprint density at radius 1 is 1.53 bits per heavy atom. The molecule has 0 amide bonds. The van der Waals surface area contributed by atoms with Gasteiger partial charge >= 0.3 is 5.97 Å². The summed E-state index contributed by atoms with van der Waals surface area (Å²) in [5, 5.41) is 18.5. The minimum Gasteiger partial charge on any atom is -0.480 e. The van der Waals surface area contributed by atoms with Gasteiger partial charge in [-0.3, -0.25) is 4.79 Å². The molecule has 0 unspecified atom stereocenters. The number of anilines is 1. The first-order valence-electron chi connectivity index (χ1n) is 5.97. The van der Waals surface area contributed by atoms with Crippen LogP contribution in [-0.4, -0.2) is 24.2 Å². The summed E-state index contributed by atoms with van der Waals surface area (Å²) in [6.07, 6.45) is 0.587. The number of carboxylic acid groups (broad SMARTS) is 1. The molecule has 1 N–H and O–H groups in total. The lowest BCUT2D eigenvalue weighted by Crippen LogP contribution is -2.32. The number of aliphatic carboxylic acids is 1. The van der Waals surface area contributed by atoms with E-state index in [0.717, 1.165) is 5.69 Å². The van der Waals surface area contributed by atoms with Crippen LogP contribution in [0.1, 0.15) is 20.3 Å².